The predicted molar refractivity (Wildman–Crippen MR) is 77.7 cm³/mol. The normalized spacial score (nSPS) is 31.4. The predicted octanol–water partition coefficient (Wildman–Crippen LogP) is 5.24. The molecule has 3 rings (SSSR count). The Bertz CT molecular complexity index is 447. The van der Waals surface area contributed by atoms with E-state index in [0.29, 0.717) is 22.1 Å². The zero-order chi connectivity index (χ0) is 12.7. The lowest BCUT2D eigenvalue weighted by Gasteiger charge is -2.24. The zero-order valence-electron chi connectivity index (χ0n) is 10.1. The van der Waals surface area contributed by atoms with Crippen LogP contribution in [0.1, 0.15) is 43.7 Å². The molecule has 0 bridgehead atoms. The molecule has 2 aliphatic rings. The zero-order valence-corrected chi connectivity index (χ0v) is 12.3. The Kier molecular flexibility index (Phi) is 3.77. The van der Waals surface area contributed by atoms with Crippen LogP contribution in [-0.4, -0.2) is 6.04 Å². The first-order valence-corrected chi connectivity index (χ1v) is 7.69. The van der Waals surface area contributed by atoms with Gasteiger partial charge in [-0.15, -0.1) is 0 Å². The van der Waals surface area contributed by atoms with E-state index >= 15 is 0 Å². The number of hydrogen-bond acceptors (Lipinski definition) is 1. The Morgan fingerprint density at radius 1 is 0.944 bits per heavy atom. The Hall–Kier alpha value is 0.0500. The van der Waals surface area contributed by atoms with Crippen molar-refractivity contribution in [2.24, 2.45) is 5.92 Å². The molecule has 2 fully saturated rings. The molecule has 1 aromatic rings. The van der Waals surface area contributed by atoms with Crippen molar-refractivity contribution in [3.8, 4) is 0 Å². The van der Waals surface area contributed by atoms with Gasteiger partial charge >= 0.3 is 0 Å². The minimum atomic E-state index is 0.334. The van der Waals surface area contributed by atoms with E-state index in [2.05, 4.69) is 5.32 Å². The van der Waals surface area contributed by atoms with Gasteiger partial charge in [-0.05, 0) is 42.9 Å². The standard InChI is InChI=1S/C14H16Cl3N/c15-10-7-12(17)11(16)6-9(10)14-5-8-3-1-2-4-13(8)18-14/h6-8,13-14,18H,1-5H2. The maximum atomic E-state index is 6.30. The number of nitrogens with one attached hydrogen (secondary N) is 1. The van der Waals surface area contributed by atoms with Crippen molar-refractivity contribution in [3.05, 3.63) is 32.8 Å². The molecular weight excluding hydrogens is 289 g/mol. The van der Waals surface area contributed by atoms with Crippen molar-refractivity contribution in [3.63, 3.8) is 0 Å². The molecule has 1 saturated heterocycles. The third-order valence-corrected chi connectivity index (χ3v) is 5.33. The third-order valence-electron chi connectivity index (χ3n) is 4.28. The average Bonchev–Trinajstić information content (AvgIpc) is 2.77. The van der Waals surface area contributed by atoms with Crippen molar-refractivity contribution in [1.82, 2.24) is 5.32 Å². The summed E-state index contributed by atoms with van der Waals surface area (Å²) in [6, 6.07) is 4.67. The first-order valence-electron chi connectivity index (χ1n) is 6.55. The third kappa shape index (κ3) is 2.38. The fourth-order valence-corrected chi connectivity index (χ4v) is 4.05. The maximum Gasteiger partial charge on any atom is 0.0607 e. The van der Waals surface area contributed by atoms with E-state index in [9.17, 15) is 0 Å². The molecule has 1 heterocycles. The second-order valence-electron chi connectivity index (χ2n) is 5.39. The van der Waals surface area contributed by atoms with E-state index in [4.69, 9.17) is 34.8 Å². The van der Waals surface area contributed by atoms with Crippen LogP contribution >= 0.6 is 34.8 Å². The number of fused-ring (bicyclic) bond motifs is 1. The fourth-order valence-electron chi connectivity index (χ4n) is 3.36. The molecule has 1 aliphatic carbocycles. The second kappa shape index (κ2) is 5.20. The lowest BCUT2D eigenvalue weighted by Crippen LogP contribution is -2.30. The Morgan fingerprint density at radius 2 is 1.67 bits per heavy atom. The van der Waals surface area contributed by atoms with E-state index in [1.807, 2.05) is 6.07 Å². The minimum absolute atomic E-state index is 0.334. The summed E-state index contributed by atoms with van der Waals surface area (Å²) in [5.74, 6) is 0.800. The van der Waals surface area contributed by atoms with Crippen molar-refractivity contribution in [2.75, 3.05) is 0 Å². The lowest BCUT2D eigenvalue weighted by atomic mass is 9.84. The highest BCUT2D eigenvalue weighted by Crippen LogP contribution is 2.42. The van der Waals surface area contributed by atoms with Crippen LogP contribution in [0.15, 0.2) is 12.1 Å². The summed E-state index contributed by atoms with van der Waals surface area (Å²) >= 11 is 18.4. The monoisotopic (exact) mass is 303 g/mol. The topological polar surface area (TPSA) is 12.0 Å². The van der Waals surface area contributed by atoms with Crippen molar-refractivity contribution >= 4 is 34.8 Å². The Labute approximate surface area is 123 Å². The van der Waals surface area contributed by atoms with E-state index in [0.717, 1.165) is 16.5 Å². The van der Waals surface area contributed by atoms with Gasteiger partial charge in [0, 0.05) is 17.1 Å². The Morgan fingerprint density at radius 3 is 2.44 bits per heavy atom. The van der Waals surface area contributed by atoms with Gasteiger partial charge in [-0.25, -0.2) is 0 Å². The molecule has 98 valence electrons. The van der Waals surface area contributed by atoms with E-state index < -0.39 is 0 Å². The Balaban J connectivity index is 1.85. The van der Waals surface area contributed by atoms with Crippen LogP contribution < -0.4 is 5.32 Å². The molecule has 0 spiro atoms. The van der Waals surface area contributed by atoms with Gasteiger partial charge in [-0.3, -0.25) is 0 Å². The molecule has 0 aromatic heterocycles. The quantitative estimate of drug-likeness (QED) is 0.700. The first kappa shape index (κ1) is 13.1. The number of rotatable bonds is 1. The molecule has 3 unspecified atom stereocenters. The molecule has 1 saturated carbocycles. The van der Waals surface area contributed by atoms with Crippen LogP contribution in [0.2, 0.25) is 15.1 Å². The molecule has 1 aromatic carbocycles. The van der Waals surface area contributed by atoms with Crippen LogP contribution in [0.5, 0.6) is 0 Å². The van der Waals surface area contributed by atoms with Crippen LogP contribution in [0, 0.1) is 5.92 Å². The van der Waals surface area contributed by atoms with Crippen molar-refractivity contribution in [2.45, 2.75) is 44.2 Å². The SMILES string of the molecule is Clc1cc(Cl)c(C2CC3CCCCC3N2)cc1Cl. The molecule has 0 amide bonds. The summed E-state index contributed by atoms with van der Waals surface area (Å²) in [4.78, 5) is 0. The minimum Gasteiger partial charge on any atom is -0.307 e. The number of hydrogen-bond donors (Lipinski definition) is 1. The van der Waals surface area contributed by atoms with Crippen LogP contribution in [-0.2, 0) is 0 Å². The van der Waals surface area contributed by atoms with E-state index in [1.54, 1.807) is 6.07 Å². The molecule has 4 heteroatoms. The van der Waals surface area contributed by atoms with Gasteiger partial charge in [0.2, 0.25) is 0 Å². The van der Waals surface area contributed by atoms with Crippen LogP contribution in [0.3, 0.4) is 0 Å². The highest BCUT2D eigenvalue weighted by Gasteiger charge is 2.36. The van der Waals surface area contributed by atoms with Crippen LogP contribution in [0.4, 0.5) is 0 Å². The summed E-state index contributed by atoms with van der Waals surface area (Å²) in [5.41, 5.74) is 1.10. The largest absolute Gasteiger partial charge is 0.307 e. The van der Waals surface area contributed by atoms with Gasteiger partial charge < -0.3 is 5.32 Å². The molecule has 1 nitrogen and oxygen atoms in total. The van der Waals surface area contributed by atoms with Gasteiger partial charge in [0.05, 0.1) is 10.0 Å². The molecule has 1 aliphatic heterocycles. The molecule has 18 heavy (non-hydrogen) atoms. The molecule has 0 radical (unpaired) electrons. The molecular formula is C14H16Cl3N. The maximum absolute atomic E-state index is 6.30. The smallest absolute Gasteiger partial charge is 0.0607 e. The summed E-state index contributed by atoms with van der Waals surface area (Å²) in [6.07, 6.45) is 6.51. The number of halogens is 3. The number of benzene rings is 1. The van der Waals surface area contributed by atoms with Gasteiger partial charge in [0.1, 0.15) is 0 Å². The van der Waals surface area contributed by atoms with Crippen molar-refractivity contribution < 1.29 is 0 Å². The summed E-state index contributed by atoms with van der Waals surface area (Å²) in [5, 5.41) is 5.55. The molecule has 1 N–H and O–H groups in total. The van der Waals surface area contributed by atoms with E-state index in [1.165, 1.54) is 32.1 Å². The second-order valence-corrected chi connectivity index (χ2v) is 6.62. The van der Waals surface area contributed by atoms with Gasteiger partial charge in [-0.2, -0.15) is 0 Å². The van der Waals surface area contributed by atoms with Crippen molar-refractivity contribution in [1.29, 1.82) is 0 Å². The lowest BCUT2D eigenvalue weighted by molar-refractivity contribution is 0.325. The summed E-state index contributed by atoms with van der Waals surface area (Å²) in [7, 11) is 0. The molecule has 3 atom stereocenters. The summed E-state index contributed by atoms with van der Waals surface area (Å²) < 4.78 is 0. The average molecular weight is 305 g/mol. The van der Waals surface area contributed by atoms with Gasteiger partial charge in [0.25, 0.3) is 0 Å². The highest BCUT2D eigenvalue weighted by molar-refractivity contribution is 6.43. The van der Waals surface area contributed by atoms with Crippen LogP contribution in [0.25, 0.3) is 0 Å². The van der Waals surface area contributed by atoms with Gasteiger partial charge in [-0.1, -0.05) is 47.6 Å². The fraction of sp³-hybridized carbons (Fsp3) is 0.571. The van der Waals surface area contributed by atoms with E-state index in [-0.39, 0.29) is 0 Å². The summed E-state index contributed by atoms with van der Waals surface area (Å²) in [6.45, 7) is 0. The first-order chi connectivity index (χ1) is 8.65. The van der Waals surface area contributed by atoms with Gasteiger partial charge in [0.15, 0.2) is 0 Å². The highest BCUT2D eigenvalue weighted by atomic mass is 35.5.